The van der Waals surface area contributed by atoms with E-state index in [1.54, 1.807) is 22.7 Å². The molecule has 0 saturated heterocycles. The maximum absolute atomic E-state index is 11.5. The Morgan fingerprint density at radius 1 is 1.24 bits per heavy atom. The molecule has 2 heterocycles. The molecule has 2 N–H and O–H groups in total. The van der Waals surface area contributed by atoms with E-state index in [4.69, 9.17) is 0 Å². The van der Waals surface area contributed by atoms with Gasteiger partial charge in [0.05, 0.1) is 0 Å². The van der Waals surface area contributed by atoms with Crippen LogP contribution in [-0.2, 0) is 0 Å². The Morgan fingerprint density at radius 3 is 2.76 bits per heavy atom. The second kappa shape index (κ2) is 4.94. The van der Waals surface area contributed by atoms with Crippen LogP contribution in [-0.4, -0.2) is 20.5 Å². The van der Waals surface area contributed by atoms with Gasteiger partial charge in [-0.3, -0.25) is 4.40 Å². The summed E-state index contributed by atoms with van der Waals surface area (Å²) in [6.07, 6.45) is 1.69. The number of anilines is 2. The predicted molar refractivity (Wildman–Crippen MR) is 81.4 cm³/mol. The number of nitrogens with one attached hydrogen (secondary N) is 1. The first-order valence-electron chi connectivity index (χ1n) is 6.61. The van der Waals surface area contributed by atoms with Gasteiger partial charge < -0.3 is 10.4 Å². The van der Waals surface area contributed by atoms with Crippen molar-refractivity contribution in [2.45, 2.75) is 13.8 Å². The Balaban J connectivity index is 2.12. The number of aromatic nitrogens is 2. The molecule has 5 heteroatoms. The predicted octanol–water partition coefficient (Wildman–Crippen LogP) is 3.39. The van der Waals surface area contributed by atoms with Gasteiger partial charge in [0.15, 0.2) is 11.5 Å². The van der Waals surface area contributed by atoms with Crippen LogP contribution in [0.3, 0.4) is 0 Å². The molecule has 0 fully saturated rings. The highest BCUT2D eigenvalue weighted by Crippen LogP contribution is 2.24. The molecule has 1 aromatic carbocycles. The molecule has 0 spiro atoms. The number of fused-ring (bicyclic) bond motifs is 1. The second-order valence-electron chi connectivity index (χ2n) is 4.99. The van der Waals surface area contributed by atoms with Gasteiger partial charge in [0.25, 0.3) is 0 Å². The molecule has 3 rings (SSSR count). The number of aromatic carboxylic acids is 1. The molecule has 21 heavy (non-hydrogen) atoms. The smallest absolute Gasteiger partial charge is 0.356 e. The minimum Gasteiger partial charge on any atom is -0.476 e. The quantitative estimate of drug-likeness (QED) is 0.772. The topological polar surface area (TPSA) is 66.6 Å². The van der Waals surface area contributed by atoms with Crippen molar-refractivity contribution in [2.24, 2.45) is 0 Å². The summed E-state index contributed by atoms with van der Waals surface area (Å²) < 4.78 is 1.56. The van der Waals surface area contributed by atoms with Crippen LogP contribution in [0, 0.1) is 13.8 Å². The van der Waals surface area contributed by atoms with E-state index in [-0.39, 0.29) is 5.69 Å². The summed E-state index contributed by atoms with van der Waals surface area (Å²) in [7, 11) is 0. The first-order valence-corrected chi connectivity index (χ1v) is 6.61. The number of carbonyl (C=O) groups is 1. The zero-order valence-corrected chi connectivity index (χ0v) is 11.8. The molecule has 106 valence electrons. The maximum atomic E-state index is 11.5. The first kappa shape index (κ1) is 13.2. The summed E-state index contributed by atoms with van der Waals surface area (Å²) in [4.78, 5) is 15.9. The van der Waals surface area contributed by atoms with Crippen molar-refractivity contribution < 1.29 is 9.90 Å². The van der Waals surface area contributed by atoms with Crippen molar-refractivity contribution in [1.29, 1.82) is 0 Å². The molecule has 0 unspecified atom stereocenters. The number of imidazole rings is 1. The molecule has 0 atom stereocenters. The number of rotatable bonds is 3. The molecule has 3 aromatic rings. The maximum Gasteiger partial charge on any atom is 0.356 e. The van der Waals surface area contributed by atoms with Crippen molar-refractivity contribution in [3.8, 4) is 0 Å². The lowest BCUT2D eigenvalue weighted by Crippen LogP contribution is -2.05. The number of aryl methyl sites for hydroxylation is 2. The lowest BCUT2D eigenvalue weighted by molar-refractivity contribution is 0.0690. The molecule has 5 nitrogen and oxygen atoms in total. The number of carboxylic acid groups (broad SMARTS) is 1. The first-order chi connectivity index (χ1) is 10.1. The average molecular weight is 281 g/mol. The second-order valence-corrected chi connectivity index (χ2v) is 4.99. The third-order valence-corrected chi connectivity index (χ3v) is 3.37. The standard InChI is InChI=1S/C16H15N3O2/c1-10-6-7-12(11(2)9-10)17-15-14(16(20)21)19-8-4-3-5-13(19)18-15/h3-9,17H,1-2H3,(H,20,21). The van der Waals surface area contributed by atoms with E-state index >= 15 is 0 Å². The normalized spacial score (nSPS) is 10.8. The molecule has 0 radical (unpaired) electrons. The fourth-order valence-electron chi connectivity index (χ4n) is 2.37. The van der Waals surface area contributed by atoms with E-state index in [2.05, 4.69) is 10.3 Å². The van der Waals surface area contributed by atoms with Gasteiger partial charge in [0.1, 0.15) is 5.65 Å². The molecule has 0 aliphatic heterocycles. The van der Waals surface area contributed by atoms with E-state index in [9.17, 15) is 9.90 Å². The van der Waals surface area contributed by atoms with Crippen LogP contribution in [0.5, 0.6) is 0 Å². The number of hydrogen-bond acceptors (Lipinski definition) is 3. The van der Waals surface area contributed by atoms with Crippen LogP contribution in [0.4, 0.5) is 11.5 Å². The highest BCUT2D eigenvalue weighted by atomic mass is 16.4. The molecular formula is C16H15N3O2. The Hall–Kier alpha value is -2.82. The van der Waals surface area contributed by atoms with Crippen LogP contribution in [0.2, 0.25) is 0 Å². The van der Waals surface area contributed by atoms with E-state index in [1.165, 1.54) is 0 Å². The number of carboxylic acids is 1. The third-order valence-electron chi connectivity index (χ3n) is 3.37. The summed E-state index contributed by atoms with van der Waals surface area (Å²) in [6.45, 7) is 4.00. The molecule has 0 amide bonds. The zero-order valence-electron chi connectivity index (χ0n) is 11.8. The zero-order chi connectivity index (χ0) is 15.0. The average Bonchev–Trinajstić information content (AvgIpc) is 2.80. The minimum absolute atomic E-state index is 0.130. The number of benzene rings is 1. The fraction of sp³-hybridized carbons (Fsp3) is 0.125. The molecular weight excluding hydrogens is 266 g/mol. The van der Waals surface area contributed by atoms with Gasteiger partial charge >= 0.3 is 5.97 Å². The number of nitrogens with zero attached hydrogens (tertiary/aromatic N) is 2. The number of hydrogen-bond donors (Lipinski definition) is 2. The highest BCUT2D eigenvalue weighted by Gasteiger charge is 2.18. The summed E-state index contributed by atoms with van der Waals surface area (Å²) in [5.41, 5.74) is 3.79. The van der Waals surface area contributed by atoms with Crippen LogP contribution in [0.15, 0.2) is 42.6 Å². The van der Waals surface area contributed by atoms with Gasteiger partial charge in [-0.2, -0.15) is 0 Å². The fourth-order valence-corrected chi connectivity index (χ4v) is 2.37. The van der Waals surface area contributed by atoms with Crippen LogP contribution in [0.1, 0.15) is 21.6 Å². The Bertz CT molecular complexity index is 837. The van der Waals surface area contributed by atoms with Gasteiger partial charge in [-0.25, -0.2) is 9.78 Å². The Labute approximate surface area is 121 Å². The lowest BCUT2D eigenvalue weighted by Gasteiger charge is -2.08. The van der Waals surface area contributed by atoms with Gasteiger partial charge in [-0.15, -0.1) is 0 Å². The van der Waals surface area contributed by atoms with Crippen molar-refractivity contribution >= 4 is 23.1 Å². The summed E-state index contributed by atoms with van der Waals surface area (Å²) in [5, 5.41) is 12.6. The van der Waals surface area contributed by atoms with Crippen LogP contribution >= 0.6 is 0 Å². The largest absolute Gasteiger partial charge is 0.476 e. The van der Waals surface area contributed by atoms with E-state index in [1.807, 2.05) is 38.1 Å². The van der Waals surface area contributed by atoms with Crippen molar-refractivity contribution in [3.05, 3.63) is 59.4 Å². The molecule has 0 aliphatic carbocycles. The molecule has 2 aromatic heterocycles. The summed E-state index contributed by atoms with van der Waals surface area (Å²) in [5.74, 6) is -0.665. The minimum atomic E-state index is -1.01. The van der Waals surface area contributed by atoms with Crippen molar-refractivity contribution in [1.82, 2.24) is 9.38 Å². The number of pyridine rings is 1. The van der Waals surface area contributed by atoms with Gasteiger partial charge in [0, 0.05) is 11.9 Å². The molecule has 0 bridgehead atoms. The van der Waals surface area contributed by atoms with Crippen molar-refractivity contribution in [3.63, 3.8) is 0 Å². The summed E-state index contributed by atoms with van der Waals surface area (Å²) in [6, 6.07) is 11.3. The van der Waals surface area contributed by atoms with Gasteiger partial charge in [-0.05, 0) is 37.6 Å². The summed E-state index contributed by atoms with van der Waals surface area (Å²) >= 11 is 0. The Kier molecular flexibility index (Phi) is 3.10. The van der Waals surface area contributed by atoms with Crippen LogP contribution in [0.25, 0.3) is 5.65 Å². The van der Waals surface area contributed by atoms with Gasteiger partial charge in [0.2, 0.25) is 0 Å². The third kappa shape index (κ3) is 2.33. The van der Waals surface area contributed by atoms with E-state index < -0.39 is 5.97 Å². The molecule has 0 aliphatic rings. The van der Waals surface area contributed by atoms with E-state index in [0.29, 0.717) is 11.5 Å². The Morgan fingerprint density at radius 2 is 2.05 bits per heavy atom. The monoisotopic (exact) mass is 281 g/mol. The van der Waals surface area contributed by atoms with Crippen molar-refractivity contribution in [2.75, 3.05) is 5.32 Å². The lowest BCUT2D eigenvalue weighted by atomic mass is 10.1. The molecule has 0 saturated carbocycles. The van der Waals surface area contributed by atoms with E-state index in [0.717, 1.165) is 16.8 Å². The highest BCUT2D eigenvalue weighted by molar-refractivity contribution is 5.94. The SMILES string of the molecule is Cc1ccc(Nc2nc3ccccn3c2C(=O)O)c(C)c1. The van der Waals surface area contributed by atoms with Crippen LogP contribution < -0.4 is 5.32 Å². The van der Waals surface area contributed by atoms with Gasteiger partial charge in [-0.1, -0.05) is 23.8 Å².